The highest BCUT2D eigenvalue weighted by Gasteiger charge is 2.22. The molecule has 194 valence electrons. The van der Waals surface area contributed by atoms with Crippen LogP contribution in [0.5, 0.6) is 5.88 Å². The summed E-state index contributed by atoms with van der Waals surface area (Å²) in [6.45, 7) is 5.09. The monoisotopic (exact) mass is 521 g/mol. The lowest BCUT2D eigenvalue weighted by Gasteiger charge is -2.31. The van der Waals surface area contributed by atoms with Crippen LogP contribution < -0.4 is 15.8 Å². The van der Waals surface area contributed by atoms with Gasteiger partial charge in [0.05, 0.1) is 24.1 Å². The van der Waals surface area contributed by atoms with Gasteiger partial charge in [0.1, 0.15) is 22.3 Å². The number of ether oxygens (including phenoxy) is 1. The Kier molecular flexibility index (Phi) is 9.00. The number of carbonyl (C=O) groups is 1. The Morgan fingerprint density at radius 2 is 2.19 bits per heavy atom. The number of rotatable bonds is 10. The Balaban J connectivity index is 1.26. The summed E-state index contributed by atoms with van der Waals surface area (Å²) < 4.78 is 5.53. The zero-order valence-corrected chi connectivity index (χ0v) is 21.6. The van der Waals surface area contributed by atoms with Crippen LogP contribution in [-0.4, -0.2) is 63.2 Å². The number of nitrogens with zero attached hydrogens (tertiary/aromatic N) is 5. The van der Waals surface area contributed by atoms with Gasteiger partial charge in [0, 0.05) is 36.8 Å². The second-order valence-electron chi connectivity index (χ2n) is 9.15. The fourth-order valence-electron chi connectivity index (χ4n) is 4.08. The molecular formula is C26H31N7O3S. The van der Waals surface area contributed by atoms with Crippen molar-refractivity contribution in [3.63, 3.8) is 0 Å². The largest absolute Gasteiger partial charge is 0.477 e. The molecule has 0 spiro atoms. The summed E-state index contributed by atoms with van der Waals surface area (Å²) in [5.41, 5.74) is 7.19. The lowest BCUT2D eigenvalue weighted by atomic mass is 9.96. The van der Waals surface area contributed by atoms with Crippen molar-refractivity contribution in [1.29, 1.82) is 5.26 Å². The van der Waals surface area contributed by atoms with Crippen LogP contribution in [0, 0.1) is 17.2 Å². The number of aliphatic hydroxyl groups excluding tert-OH is 1. The summed E-state index contributed by atoms with van der Waals surface area (Å²) in [6.07, 6.45) is 5.48. The van der Waals surface area contributed by atoms with E-state index in [0.717, 1.165) is 43.2 Å². The normalized spacial score (nSPS) is 15.2. The van der Waals surface area contributed by atoms with E-state index in [9.17, 15) is 15.2 Å². The molecule has 0 saturated carbocycles. The first-order valence-electron chi connectivity index (χ1n) is 12.3. The molecule has 11 heteroatoms. The maximum Gasteiger partial charge on any atom is 0.270 e. The molecule has 1 atom stereocenters. The molecule has 10 nitrogen and oxygen atoms in total. The predicted octanol–water partition coefficient (Wildman–Crippen LogP) is 2.85. The van der Waals surface area contributed by atoms with Gasteiger partial charge in [0.25, 0.3) is 5.91 Å². The van der Waals surface area contributed by atoms with Gasteiger partial charge in [0.15, 0.2) is 0 Å². The van der Waals surface area contributed by atoms with Crippen LogP contribution in [0.1, 0.15) is 47.1 Å². The van der Waals surface area contributed by atoms with E-state index in [1.807, 2.05) is 30.5 Å². The smallest absolute Gasteiger partial charge is 0.270 e. The average molecular weight is 522 g/mol. The number of thiazole rings is 1. The van der Waals surface area contributed by atoms with Gasteiger partial charge in [-0.15, -0.1) is 11.3 Å². The second kappa shape index (κ2) is 12.6. The summed E-state index contributed by atoms with van der Waals surface area (Å²) in [6, 6.07) is 9.19. The molecule has 1 aliphatic heterocycles. The van der Waals surface area contributed by atoms with Crippen LogP contribution in [0.3, 0.4) is 0 Å². The van der Waals surface area contributed by atoms with Crippen molar-refractivity contribution in [1.82, 2.24) is 25.2 Å². The number of aromatic nitrogens is 3. The van der Waals surface area contributed by atoms with Gasteiger partial charge < -0.3 is 20.9 Å². The fourth-order valence-corrected chi connectivity index (χ4v) is 5.02. The molecule has 1 amide bonds. The van der Waals surface area contributed by atoms with Gasteiger partial charge in [-0.25, -0.2) is 9.97 Å². The van der Waals surface area contributed by atoms with Gasteiger partial charge in [-0.3, -0.25) is 14.7 Å². The van der Waals surface area contributed by atoms with E-state index in [4.69, 9.17) is 10.5 Å². The van der Waals surface area contributed by atoms with Crippen molar-refractivity contribution in [3.05, 3.63) is 52.8 Å². The number of carbonyl (C=O) groups excluding carboxylic acids is 1. The fraction of sp³-hybridized carbons (Fsp3) is 0.423. The molecule has 0 aromatic carbocycles. The molecule has 4 rings (SSSR count). The molecule has 0 aliphatic carbocycles. The highest BCUT2D eigenvalue weighted by atomic mass is 32.1. The van der Waals surface area contributed by atoms with Gasteiger partial charge in [-0.05, 0) is 57.0 Å². The van der Waals surface area contributed by atoms with Gasteiger partial charge in [-0.1, -0.05) is 6.07 Å². The number of likely N-dealkylation sites (tertiary alicyclic amines) is 1. The highest BCUT2D eigenvalue weighted by molar-refractivity contribution is 7.14. The molecule has 1 aliphatic rings. The second-order valence-corrected chi connectivity index (χ2v) is 10.3. The van der Waals surface area contributed by atoms with Crippen molar-refractivity contribution in [3.8, 4) is 22.7 Å². The van der Waals surface area contributed by atoms with E-state index in [1.54, 1.807) is 24.5 Å². The van der Waals surface area contributed by atoms with Crippen molar-refractivity contribution in [2.45, 2.75) is 38.8 Å². The summed E-state index contributed by atoms with van der Waals surface area (Å²) in [7, 11) is 0. The molecule has 0 radical (unpaired) electrons. The van der Waals surface area contributed by atoms with E-state index < -0.39 is 6.10 Å². The minimum atomic E-state index is -0.549. The van der Waals surface area contributed by atoms with Crippen LogP contribution in [0.25, 0.3) is 10.7 Å². The summed E-state index contributed by atoms with van der Waals surface area (Å²) in [4.78, 5) is 29.5. The Bertz CT molecular complexity index is 1230. The van der Waals surface area contributed by atoms with E-state index in [1.165, 1.54) is 10.9 Å². The van der Waals surface area contributed by atoms with E-state index in [-0.39, 0.29) is 35.3 Å². The number of nitrogens with two attached hydrogens (primary N) is 1. The lowest BCUT2D eigenvalue weighted by molar-refractivity contribution is 0.0928. The third-order valence-corrected chi connectivity index (χ3v) is 7.22. The maximum atomic E-state index is 12.8. The number of nitriles is 1. The summed E-state index contributed by atoms with van der Waals surface area (Å²) in [5, 5.41) is 22.7. The molecule has 1 saturated heterocycles. The maximum absolute atomic E-state index is 12.8. The Morgan fingerprint density at radius 1 is 1.38 bits per heavy atom. The number of hydrogen-bond donors (Lipinski definition) is 3. The molecule has 4 N–H and O–H groups in total. The minimum Gasteiger partial charge on any atom is -0.477 e. The number of nitrogen functional groups attached to an aromatic ring is 1. The van der Waals surface area contributed by atoms with Crippen LogP contribution in [0.15, 0.2) is 36.7 Å². The van der Waals surface area contributed by atoms with Crippen LogP contribution in [0.4, 0.5) is 5.69 Å². The quantitative estimate of drug-likeness (QED) is 0.366. The summed E-state index contributed by atoms with van der Waals surface area (Å²) in [5.74, 6) is 0.0183. The Hall–Kier alpha value is -3.59. The first kappa shape index (κ1) is 26.5. The van der Waals surface area contributed by atoms with E-state index >= 15 is 0 Å². The van der Waals surface area contributed by atoms with Crippen molar-refractivity contribution >= 4 is 22.9 Å². The number of piperidine rings is 1. The average Bonchev–Trinajstić information content (AvgIpc) is 3.36. The SMILES string of the molecule is CC(O)CCOc1nc(C(=O)NCC2CCN(Cc3cnc(-c4ccccn4)s3)CC2)cc(N)c1C#N. The van der Waals surface area contributed by atoms with Crippen molar-refractivity contribution in [2.24, 2.45) is 5.92 Å². The number of anilines is 1. The Morgan fingerprint density at radius 3 is 2.89 bits per heavy atom. The van der Waals surface area contributed by atoms with Crippen LogP contribution >= 0.6 is 11.3 Å². The van der Waals surface area contributed by atoms with Crippen molar-refractivity contribution < 1.29 is 14.6 Å². The first-order valence-corrected chi connectivity index (χ1v) is 13.1. The Labute approximate surface area is 220 Å². The molecule has 37 heavy (non-hydrogen) atoms. The molecule has 3 aromatic rings. The van der Waals surface area contributed by atoms with E-state index in [2.05, 4.69) is 25.2 Å². The zero-order chi connectivity index (χ0) is 26.2. The number of pyridine rings is 2. The van der Waals surface area contributed by atoms with Gasteiger partial charge >= 0.3 is 0 Å². The van der Waals surface area contributed by atoms with Gasteiger partial charge in [-0.2, -0.15) is 5.26 Å². The molecule has 1 fully saturated rings. The van der Waals surface area contributed by atoms with Crippen molar-refractivity contribution in [2.75, 3.05) is 32.0 Å². The highest BCUT2D eigenvalue weighted by Crippen LogP contribution is 2.26. The molecular weight excluding hydrogens is 490 g/mol. The molecule has 3 aromatic heterocycles. The van der Waals surface area contributed by atoms with Crippen LogP contribution in [0.2, 0.25) is 0 Å². The molecule has 1 unspecified atom stereocenters. The standard InChI is InChI=1S/C26H31N7O3S/c1-17(34)7-11-36-25-20(13-27)21(28)12-23(32-25)24(35)30-14-18-5-9-33(10-6-18)16-19-15-31-26(37-19)22-4-2-3-8-29-22/h2-4,8,12,15,17-18,34H,5-7,9-11,14,16H2,1H3,(H2,28,32)(H,30,35). The van der Waals surface area contributed by atoms with Crippen LogP contribution in [-0.2, 0) is 6.54 Å². The number of aliphatic hydroxyl groups is 1. The third kappa shape index (κ3) is 7.22. The number of amides is 1. The lowest BCUT2D eigenvalue weighted by Crippen LogP contribution is -2.38. The third-order valence-electron chi connectivity index (χ3n) is 6.21. The molecule has 0 bridgehead atoms. The number of hydrogen-bond acceptors (Lipinski definition) is 10. The zero-order valence-electron chi connectivity index (χ0n) is 20.8. The predicted molar refractivity (Wildman–Crippen MR) is 141 cm³/mol. The van der Waals surface area contributed by atoms with Gasteiger partial charge in [0.2, 0.25) is 5.88 Å². The van der Waals surface area contributed by atoms with E-state index in [0.29, 0.717) is 18.9 Å². The topological polar surface area (TPSA) is 150 Å². The minimum absolute atomic E-state index is 0.0101. The first-order chi connectivity index (χ1) is 17.9. The summed E-state index contributed by atoms with van der Waals surface area (Å²) >= 11 is 1.67. The molecule has 4 heterocycles. The number of nitrogens with one attached hydrogen (secondary N) is 1.